The molecule has 1 aliphatic rings. The predicted molar refractivity (Wildman–Crippen MR) is 61.6 cm³/mol. The van der Waals surface area contributed by atoms with Gasteiger partial charge in [0.1, 0.15) is 0 Å². The van der Waals surface area contributed by atoms with Crippen molar-refractivity contribution in [3.63, 3.8) is 0 Å². The zero-order valence-corrected chi connectivity index (χ0v) is 9.50. The Morgan fingerprint density at radius 3 is 2.80 bits per heavy atom. The van der Waals surface area contributed by atoms with Crippen LogP contribution in [-0.4, -0.2) is 17.2 Å². The fourth-order valence-electron chi connectivity index (χ4n) is 1.73. The van der Waals surface area contributed by atoms with Gasteiger partial charge in [0.25, 0.3) is 0 Å². The minimum absolute atomic E-state index is 0.00569. The Morgan fingerprint density at radius 2 is 2.13 bits per heavy atom. The third-order valence-corrected chi connectivity index (χ3v) is 3.54. The van der Waals surface area contributed by atoms with Gasteiger partial charge in [-0.3, -0.25) is 4.79 Å². The minimum atomic E-state index is 0.00569. The van der Waals surface area contributed by atoms with E-state index in [1.807, 2.05) is 25.1 Å². The molecule has 0 aromatic heterocycles. The maximum absolute atomic E-state index is 11.7. The van der Waals surface area contributed by atoms with Crippen LogP contribution in [0.15, 0.2) is 30.3 Å². The lowest BCUT2D eigenvalue weighted by atomic mass is 9.96. The molecule has 0 aliphatic carbocycles. The molecule has 1 aliphatic heterocycles. The smallest absolute Gasteiger partial charge is 0.197 e. The topological polar surface area (TPSA) is 26.3 Å². The Kier molecular flexibility index (Phi) is 3.44. The molecule has 2 atom stereocenters. The summed E-state index contributed by atoms with van der Waals surface area (Å²) in [5.74, 6) is 0.511. The first-order valence-electron chi connectivity index (χ1n) is 5.09. The molecule has 1 aromatic rings. The average Bonchev–Trinajstić information content (AvgIpc) is 2.25. The maximum Gasteiger partial charge on any atom is 0.197 e. The summed E-state index contributed by atoms with van der Waals surface area (Å²) < 4.78 is 5.48. The van der Waals surface area contributed by atoms with Gasteiger partial charge in [0, 0.05) is 0 Å². The number of carbonyl (C=O) groups is 1. The quantitative estimate of drug-likeness (QED) is 0.769. The fourth-order valence-corrected chi connectivity index (χ4v) is 2.62. The minimum Gasteiger partial charge on any atom is -0.367 e. The third-order valence-electron chi connectivity index (χ3n) is 2.70. The van der Waals surface area contributed by atoms with Crippen molar-refractivity contribution in [3.05, 3.63) is 35.9 Å². The number of hydrogen-bond acceptors (Lipinski definition) is 3. The second-order valence-corrected chi connectivity index (χ2v) is 4.68. The number of rotatable bonds is 2. The Balaban J connectivity index is 2.07. The van der Waals surface area contributed by atoms with Gasteiger partial charge in [0.05, 0.1) is 18.0 Å². The molecule has 3 heteroatoms. The van der Waals surface area contributed by atoms with E-state index in [-0.39, 0.29) is 17.1 Å². The lowest BCUT2D eigenvalue weighted by molar-refractivity contribution is -0.120. The molecular weight excluding hydrogens is 208 g/mol. The van der Waals surface area contributed by atoms with Crippen LogP contribution in [0.1, 0.15) is 12.5 Å². The van der Waals surface area contributed by atoms with Gasteiger partial charge < -0.3 is 4.74 Å². The summed E-state index contributed by atoms with van der Waals surface area (Å²) in [6, 6.07) is 10.1. The van der Waals surface area contributed by atoms with Crippen molar-refractivity contribution in [2.75, 3.05) is 5.94 Å². The predicted octanol–water partition coefficient (Wildman–Crippen LogP) is 2.48. The average molecular weight is 222 g/mol. The lowest BCUT2D eigenvalue weighted by Gasteiger charge is -2.27. The zero-order chi connectivity index (χ0) is 10.7. The van der Waals surface area contributed by atoms with E-state index in [0.717, 1.165) is 6.42 Å². The maximum atomic E-state index is 11.7. The van der Waals surface area contributed by atoms with E-state index in [1.165, 1.54) is 17.3 Å². The van der Waals surface area contributed by atoms with Crippen LogP contribution in [0.25, 0.3) is 0 Å². The zero-order valence-electron chi connectivity index (χ0n) is 8.68. The van der Waals surface area contributed by atoms with E-state index in [0.29, 0.717) is 5.94 Å². The molecule has 15 heavy (non-hydrogen) atoms. The van der Waals surface area contributed by atoms with Gasteiger partial charge in [-0.05, 0) is 18.9 Å². The second-order valence-electron chi connectivity index (χ2n) is 3.75. The number of hydrogen-bond donors (Lipinski definition) is 0. The van der Waals surface area contributed by atoms with Crippen molar-refractivity contribution in [1.29, 1.82) is 0 Å². The Morgan fingerprint density at radius 1 is 1.40 bits per heavy atom. The van der Waals surface area contributed by atoms with Crippen LogP contribution in [0.2, 0.25) is 0 Å². The summed E-state index contributed by atoms with van der Waals surface area (Å²) in [7, 11) is 0. The highest BCUT2D eigenvalue weighted by Gasteiger charge is 2.30. The number of carbonyl (C=O) groups excluding carboxylic acids is 1. The molecule has 1 heterocycles. The van der Waals surface area contributed by atoms with Crippen LogP contribution < -0.4 is 0 Å². The van der Waals surface area contributed by atoms with Crippen molar-refractivity contribution in [2.45, 2.75) is 19.4 Å². The van der Waals surface area contributed by atoms with E-state index in [1.54, 1.807) is 0 Å². The van der Waals surface area contributed by atoms with Crippen molar-refractivity contribution in [1.82, 2.24) is 0 Å². The molecule has 1 saturated heterocycles. The molecule has 1 fully saturated rings. The number of ether oxygens (including phenoxy) is 1. The van der Waals surface area contributed by atoms with Crippen LogP contribution in [0.4, 0.5) is 0 Å². The highest BCUT2D eigenvalue weighted by molar-refractivity contribution is 8.13. The molecule has 80 valence electrons. The normalized spacial score (nSPS) is 26.6. The first kappa shape index (κ1) is 10.7. The third kappa shape index (κ3) is 2.61. The summed E-state index contributed by atoms with van der Waals surface area (Å²) in [5.41, 5.74) is 1.20. The highest BCUT2D eigenvalue weighted by Crippen LogP contribution is 2.27. The summed E-state index contributed by atoms with van der Waals surface area (Å²) in [4.78, 5) is 11.7. The van der Waals surface area contributed by atoms with E-state index < -0.39 is 0 Å². The largest absolute Gasteiger partial charge is 0.367 e. The van der Waals surface area contributed by atoms with Crippen LogP contribution >= 0.6 is 11.8 Å². The van der Waals surface area contributed by atoms with Gasteiger partial charge in [0.2, 0.25) is 0 Å². The highest BCUT2D eigenvalue weighted by atomic mass is 32.2. The van der Waals surface area contributed by atoms with E-state index >= 15 is 0 Å². The summed E-state index contributed by atoms with van der Waals surface area (Å²) in [6.07, 6.45) is 0.826. The molecule has 0 radical (unpaired) electrons. The van der Waals surface area contributed by atoms with Gasteiger partial charge >= 0.3 is 0 Å². The fraction of sp³-hybridized carbons (Fsp3) is 0.417. The first-order valence-corrected chi connectivity index (χ1v) is 6.08. The van der Waals surface area contributed by atoms with Crippen molar-refractivity contribution >= 4 is 16.9 Å². The van der Waals surface area contributed by atoms with Crippen LogP contribution in [0.3, 0.4) is 0 Å². The second kappa shape index (κ2) is 4.81. The van der Waals surface area contributed by atoms with Gasteiger partial charge in [-0.2, -0.15) is 0 Å². The summed E-state index contributed by atoms with van der Waals surface area (Å²) in [6.45, 7) is 1.98. The number of benzene rings is 1. The molecule has 0 spiro atoms. The SMILES string of the molecule is C[C@H]1OCSC(=O)[C@H]1Cc1ccccc1. The molecular formula is C12H14O2S. The molecule has 0 unspecified atom stereocenters. The van der Waals surface area contributed by atoms with E-state index in [2.05, 4.69) is 12.1 Å². The van der Waals surface area contributed by atoms with Crippen molar-refractivity contribution < 1.29 is 9.53 Å². The van der Waals surface area contributed by atoms with Crippen LogP contribution in [0, 0.1) is 5.92 Å². The van der Waals surface area contributed by atoms with Crippen molar-refractivity contribution in [3.8, 4) is 0 Å². The van der Waals surface area contributed by atoms with Gasteiger partial charge in [0.15, 0.2) is 5.12 Å². The lowest BCUT2D eigenvalue weighted by Crippen LogP contribution is -2.33. The first-order chi connectivity index (χ1) is 7.27. The van der Waals surface area contributed by atoms with Gasteiger partial charge in [-0.25, -0.2) is 0 Å². The molecule has 0 saturated carbocycles. The van der Waals surface area contributed by atoms with Crippen molar-refractivity contribution in [2.24, 2.45) is 5.92 Å². The van der Waals surface area contributed by atoms with Crippen LogP contribution in [-0.2, 0) is 16.0 Å². The Hall–Kier alpha value is -0.800. The number of thioether (sulfide) groups is 1. The Labute approximate surface area is 94.0 Å². The monoisotopic (exact) mass is 222 g/mol. The van der Waals surface area contributed by atoms with E-state index in [9.17, 15) is 4.79 Å². The molecule has 2 nitrogen and oxygen atoms in total. The molecule has 2 rings (SSSR count). The molecule has 1 aromatic carbocycles. The molecule has 0 bridgehead atoms. The Bertz CT molecular complexity index is 337. The summed E-state index contributed by atoms with van der Waals surface area (Å²) in [5, 5.41) is 0.262. The van der Waals surface area contributed by atoms with Crippen LogP contribution in [0.5, 0.6) is 0 Å². The van der Waals surface area contributed by atoms with Gasteiger partial charge in [-0.1, -0.05) is 42.1 Å². The summed E-state index contributed by atoms with van der Waals surface area (Å²) >= 11 is 1.29. The standard InChI is InChI=1S/C12H14O2S/c1-9-11(12(13)15-8-14-9)7-10-5-3-2-4-6-10/h2-6,9,11H,7-8H2,1H3/t9-,11+/m1/s1. The van der Waals surface area contributed by atoms with E-state index in [4.69, 9.17) is 4.74 Å². The molecule has 0 amide bonds. The molecule has 0 N–H and O–H groups in total. The van der Waals surface area contributed by atoms with Gasteiger partial charge in [-0.15, -0.1) is 0 Å².